The molecule has 0 bridgehead atoms. The van der Waals surface area contributed by atoms with Crippen molar-refractivity contribution in [2.45, 2.75) is 56.2 Å². The van der Waals surface area contributed by atoms with Crippen LogP contribution in [0.1, 0.15) is 41.0 Å². The average Bonchev–Trinajstić information content (AvgIpc) is 2.32. The molecule has 0 fully saturated rings. The highest BCUT2D eigenvalue weighted by atomic mass is 35.6. The standard InChI is InChI=1S/C13H23Cl3N2OS2/c1-6-9(4)18(7-8(2)3)12(20)21-11(13(14,15)16)17-10(5)19/h8-9,11H,6-7H2,1-5H3,(H,17,19). The molecule has 0 rings (SSSR count). The van der Waals surface area contributed by atoms with Crippen LogP contribution in [0.5, 0.6) is 0 Å². The molecule has 0 spiro atoms. The third kappa shape index (κ3) is 8.70. The third-order valence-electron chi connectivity index (χ3n) is 2.77. The van der Waals surface area contributed by atoms with E-state index in [1.165, 1.54) is 18.7 Å². The van der Waals surface area contributed by atoms with Gasteiger partial charge in [0, 0.05) is 19.5 Å². The molecule has 8 heteroatoms. The van der Waals surface area contributed by atoms with Crippen molar-refractivity contribution in [3.8, 4) is 0 Å². The first kappa shape index (κ1) is 21.6. The molecule has 0 radical (unpaired) electrons. The van der Waals surface area contributed by atoms with E-state index >= 15 is 0 Å². The summed E-state index contributed by atoms with van der Waals surface area (Å²) in [5.74, 6) is 0.199. The van der Waals surface area contributed by atoms with Crippen molar-refractivity contribution in [3.05, 3.63) is 0 Å². The molecule has 3 nitrogen and oxygen atoms in total. The van der Waals surface area contributed by atoms with Crippen molar-refractivity contribution in [2.24, 2.45) is 5.92 Å². The van der Waals surface area contributed by atoms with Gasteiger partial charge in [-0.3, -0.25) is 4.79 Å². The second kappa shape index (κ2) is 9.66. The molecule has 21 heavy (non-hydrogen) atoms. The largest absolute Gasteiger partial charge is 0.355 e. The first-order chi connectivity index (χ1) is 9.48. The van der Waals surface area contributed by atoms with Crippen LogP contribution in [0.25, 0.3) is 0 Å². The fraction of sp³-hybridized carbons (Fsp3) is 0.846. The van der Waals surface area contributed by atoms with Gasteiger partial charge >= 0.3 is 0 Å². The van der Waals surface area contributed by atoms with Crippen LogP contribution in [0.2, 0.25) is 0 Å². The molecule has 0 aliphatic rings. The number of rotatable bonds is 6. The number of carbonyl (C=O) groups is 1. The second-order valence-corrected chi connectivity index (χ2v) is 9.42. The average molecular weight is 394 g/mol. The molecule has 0 aromatic rings. The van der Waals surface area contributed by atoms with Gasteiger partial charge in [-0.1, -0.05) is 79.6 Å². The molecule has 0 aromatic heterocycles. The zero-order chi connectivity index (χ0) is 16.8. The zero-order valence-corrected chi connectivity index (χ0v) is 16.9. The lowest BCUT2D eigenvalue weighted by Gasteiger charge is -2.34. The summed E-state index contributed by atoms with van der Waals surface area (Å²) in [7, 11) is 0. The molecule has 2 atom stereocenters. The molecule has 0 saturated heterocycles. The van der Waals surface area contributed by atoms with Gasteiger partial charge in [0.2, 0.25) is 9.70 Å². The number of carbonyl (C=O) groups excluding carboxylic acids is 1. The van der Waals surface area contributed by atoms with Gasteiger partial charge in [0.05, 0.1) is 0 Å². The number of nitrogens with zero attached hydrogens (tertiary/aromatic N) is 1. The summed E-state index contributed by atoms with van der Waals surface area (Å²) in [5.41, 5.74) is 0. The monoisotopic (exact) mass is 392 g/mol. The van der Waals surface area contributed by atoms with Gasteiger partial charge in [0.15, 0.2) is 0 Å². The summed E-state index contributed by atoms with van der Waals surface area (Å²) in [5, 5.41) is 1.91. The van der Waals surface area contributed by atoms with Crippen molar-refractivity contribution >= 4 is 69.0 Å². The Bertz CT molecular complexity index is 362. The first-order valence-electron chi connectivity index (χ1n) is 6.80. The molecule has 2 unspecified atom stereocenters. The van der Waals surface area contributed by atoms with E-state index in [4.69, 9.17) is 47.0 Å². The van der Waals surface area contributed by atoms with Crippen LogP contribution >= 0.6 is 58.8 Å². The van der Waals surface area contributed by atoms with Crippen LogP contribution in [-0.2, 0) is 4.79 Å². The Balaban J connectivity index is 5.02. The molecule has 0 heterocycles. The van der Waals surface area contributed by atoms with Crippen LogP contribution in [0.4, 0.5) is 0 Å². The number of hydrogen-bond acceptors (Lipinski definition) is 3. The molecule has 0 aliphatic carbocycles. The predicted octanol–water partition coefficient (Wildman–Crippen LogP) is 4.59. The minimum Gasteiger partial charge on any atom is -0.355 e. The quantitative estimate of drug-likeness (QED) is 0.406. The van der Waals surface area contributed by atoms with Gasteiger partial charge in [0.25, 0.3) is 0 Å². The number of alkyl halides is 3. The number of nitrogens with one attached hydrogen (secondary N) is 1. The van der Waals surface area contributed by atoms with Gasteiger partial charge in [-0.15, -0.1) is 0 Å². The van der Waals surface area contributed by atoms with E-state index < -0.39 is 9.17 Å². The van der Waals surface area contributed by atoms with Crippen LogP contribution in [0.15, 0.2) is 0 Å². The van der Waals surface area contributed by atoms with Crippen molar-refractivity contribution < 1.29 is 4.79 Å². The van der Waals surface area contributed by atoms with E-state index in [0.717, 1.165) is 13.0 Å². The highest BCUT2D eigenvalue weighted by Crippen LogP contribution is 2.37. The molecule has 0 aromatic carbocycles. The van der Waals surface area contributed by atoms with Crippen LogP contribution in [0, 0.1) is 5.92 Å². The maximum absolute atomic E-state index is 11.3. The molecule has 124 valence electrons. The summed E-state index contributed by atoms with van der Waals surface area (Å²) in [4.78, 5) is 13.4. The van der Waals surface area contributed by atoms with E-state index in [0.29, 0.717) is 16.3 Å². The van der Waals surface area contributed by atoms with Crippen molar-refractivity contribution in [1.29, 1.82) is 0 Å². The minimum atomic E-state index is -1.63. The van der Waals surface area contributed by atoms with Crippen molar-refractivity contribution in [2.75, 3.05) is 6.54 Å². The van der Waals surface area contributed by atoms with Crippen LogP contribution in [0.3, 0.4) is 0 Å². The Morgan fingerprint density at radius 2 is 1.86 bits per heavy atom. The second-order valence-electron chi connectivity index (χ2n) is 5.31. The number of thiocarbonyl (C=S) groups is 1. The number of thioether (sulfide) groups is 1. The predicted molar refractivity (Wildman–Crippen MR) is 99.4 cm³/mol. The van der Waals surface area contributed by atoms with Gasteiger partial charge in [0.1, 0.15) is 9.69 Å². The highest BCUT2D eigenvalue weighted by Gasteiger charge is 2.36. The third-order valence-corrected chi connectivity index (χ3v) is 5.48. The topological polar surface area (TPSA) is 32.3 Å². The Morgan fingerprint density at radius 3 is 2.19 bits per heavy atom. The van der Waals surface area contributed by atoms with Crippen molar-refractivity contribution in [1.82, 2.24) is 10.2 Å². The van der Waals surface area contributed by atoms with Gasteiger partial charge in [-0.2, -0.15) is 0 Å². The number of hydrogen-bond donors (Lipinski definition) is 1. The first-order valence-corrected chi connectivity index (χ1v) is 9.22. The normalized spacial score (nSPS) is 14.7. The fourth-order valence-electron chi connectivity index (χ4n) is 1.58. The maximum Gasteiger partial charge on any atom is 0.220 e. The summed E-state index contributed by atoms with van der Waals surface area (Å²) < 4.78 is -0.998. The Kier molecular flexibility index (Phi) is 9.93. The minimum absolute atomic E-state index is 0.263. The molecular formula is C13H23Cl3N2OS2. The summed E-state index contributed by atoms with van der Waals surface area (Å²) in [6, 6.07) is 0.292. The lowest BCUT2D eigenvalue weighted by molar-refractivity contribution is -0.119. The SMILES string of the molecule is CCC(C)N(CC(C)C)C(=S)SC(NC(C)=O)C(Cl)(Cl)Cl. The van der Waals surface area contributed by atoms with Gasteiger partial charge in [-0.25, -0.2) is 0 Å². The Morgan fingerprint density at radius 1 is 1.33 bits per heavy atom. The van der Waals surface area contributed by atoms with E-state index in [-0.39, 0.29) is 5.91 Å². The Hall–Kier alpha value is 0.580. The molecule has 1 amide bonds. The maximum atomic E-state index is 11.3. The zero-order valence-electron chi connectivity index (χ0n) is 13.0. The fourth-order valence-corrected chi connectivity index (χ4v) is 3.64. The van der Waals surface area contributed by atoms with Crippen LogP contribution < -0.4 is 5.32 Å². The molecule has 1 N–H and O–H groups in total. The molecular weight excluding hydrogens is 371 g/mol. The molecule has 0 saturated carbocycles. The molecule has 0 aliphatic heterocycles. The summed E-state index contributed by atoms with van der Waals surface area (Å²) in [6.07, 6.45) is 0.964. The summed E-state index contributed by atoms with van der Waals surface area (Å²) in [6.45, 7) is 10.7. The number of halogens is 3. The Labute approximate surface area is 152 Å². The van der Waals surface area contributed by atoms with Gasteiger partial charge in [-0.05, 0) is 19.3 Å². The lowest BCUT2D eigenvalue weighted by atomic mass is 10.1. The van der Waals surface area contributed by atoms with E-state index in [9.17, 15) is 4.79 Å². The van der Waals surface area contributed by atoms with Crippen molar-refractivity contribution in [3.63, 3.8) is 0 Å². The van der Waals surface area contributed by atoms with E-state index in [1.807, 2.05) is 0 Å². The highest BCUT2D eigenvalue weighted by molar-refractivity contribution is 8.23. The number of amides is 1. The van der Waals surface area contributed by atoms with Gasteiger partial charge < -0.3 is 10.2 Å². The summed E-state index contributed by atoms with van der Waals surface area (Å²) >= 11 is 24.5. The lowest BCUT2D eigenvalue weighted by Crippen LogP contribution is -2.45. The van der Waals surface area contributed by atoms with Crippen LogP contribution in [-0.4, -0.2) is 36.9 Å². The van der Waals surface area contributed by atoms with E-state index in [1.54, 1.807) is 0 Å². The smallest absolute Gasteiger partial charge is 0.220 e. The van der Waals surface area contributed by atoms with E-state index in [2.05, 4.69) is 37.9 Å².